The number of carboxylic acid groups (broad SMARTS) is 1. The lowest BCUT2D eigenvalue weighted by molar-refractivity contribution is -0.144. The monoisotopic (exact) mass is 318 g/mol. The van der Waals surface area contributed by atoms with Crippen molar-refractivity contribution in [1.82, 2.24) is 5.32 Å². The summed E-state index contributed by atoms with van der Waals surface area (Å²) in [6.07, 6.45) is -0.188. The summed E-state index contributed by atoms with van der Waals surface area (Å²) in [5.41, 5.74) is 1.04. The Kier molecular flexibility index (Phi) is 7.27. The number of aliphatic carboxylic acids is 1. The number of benzene rings is 1. The van der Waals surface area contributed by atoms with Gasteiger partial charge >= 0.3 is 11.9 Å². The summed E-state index contributed by atoms with van der Waals surface area (Å²) in [4.78, 5) is 34.2. The van der Waals surface area contributed by atoms with Crippen molar-refractivity contribution in [1.29, 1.82) is 5.26 Å². The van der Waals surface area contributed by atoms with Gasteiger partial charge in [0.1, 0.15) is 6.04 Å². The Hall–Kier alpha value is -2.88. The standard InChI is InChI=1S/C16H18N2O5/c1-2-23-15(20)7-6-14(19)18-13(16(21)22)9-11-4-3-5-12(8-11)10-17/h3-5,8,13H,2,6-7,9H2,1H3,(H,18,19)(H,21,22)/t13-/m1/s1. The van der Waals surface area contributed by atoms with E-state index in [1.54, 1.807) is 31.2 Å². The summed E-state index contributed by atoms with van der Waals surface area (Å²) >= 11 is 0. The molecule has 0 saturated heterocycles. The Balaban J connectivity index is 2.61. The largest absolute Gasteiger partial charge is 0.480 e. The van der Waals surface area contributed by atoms with Crippen molar-refractivity contribution < 1.29 is 24.2 Å². The van der Waals surface area contributed by atoms with E-state index in [9.17, 15) is 19.5 Å². The molecule has 0 radical (unpaired) electrons. The van der Waals surface area contributed by atoms with Crippen molar-refractivity contribution in [2.45, 2.75) is 32.2 Å². The lowest BCUT2D eigenvalue weighted by atomic mass is 10.0. The molecule has 2 N–H and O–H groups in total. The van der Waals surface area contributed by atoms with Crippen LogP contribution in [0.4, 0.5) is 0 Å². The average Bonchev–Trinajstić information content (AvgIpc) is 2.52. The Morgan fingerprint density at radius 2 is 2.09 bits per heavy atom. The number of hydrogen-bond donors (Lipinski definition) is 2. The molecule has 1 aromatic rings. The number of ether oxygens (including phenoxy) is 1. The minimum absolute atomic E-state index is 0.0516. The summed E-state index contributed by atoms with van der Waals surface area (Å²) in [5, 5.41) is 20.4. The molecule has 0 unspecified atom stereocenters. The van der Waals surface area contributed by atoms with Gasteiger partial charge < -0.3 is 15.2 Å². The van der Waals surface area contributed by atoms with Crippen molar-refractivity contribution >= 4 is 17.8 Å². The highest BCUT2D eigenvalue weighted by molar-refractivity contribution is 5.85. The molecule has 1 rings (SSSR count). The van der Waals surface area contributed by atoms with E-state index in [0.29, 0.717) is 11.1 Å². The van der Waals surface area contributed by atoms with E-state index in [1.165, 1.54) is 0 Å². The lowest BCUT2D eigenvalue weighted by Crippen LogP contribution is -2.42. The summed E-state index contributed by atoms with van der Waals surface area (Å²) in [5.74, 6) is -2.23. The van der Waals surface area contributed by atoms with Crippen LogP contribution in [0.5, 0.6) is 0 Å². The number of esters is 1. The van der Waals surface area contributed by atoms with E-state index in [1.807, 2.05) is 6.07 Å². The molecule has 0 aliphatic rings. The summed E-state index contributed by atoms with van der Waals surface area (Å²) in [6, 6.07) is 7.35. The zero-order valence-corrected chi connectivity index (χ0v) is 12.7. The second kappa shape index (κ2) is 9.20. The van der Waals surface area contributed by atoms with Gasteiger partial charge in [0.25, 0.3) is 0 Å². The molecule has 0 saturated carbocycles. The fraction of sp³-hybridized carbons (Fsp3) is 0.375. The molecule has 1 amide bonds. The average molecular weight is 318 g/mol. The van der Waals surface area contributed by atoms with Crippen LogP contribution in [0.3, 0.4) is 0 Å². The van der Waals surface area contributed by atoms with Crippen LogP contribution in [0.25, 0.3) is 0 Å². The highest BCUT2D eigenvalue weighted by Crippen LogP contribution is 2.08. The van der Waals surface area contributed by atoms with Crippen LogP contribution < -0.4 is 5.32 Å². The van der Waals surface area contributed by atoms with E-state index in [0.717, 1.165) is 0 Å². The van der Waals surface area contributed by atoms with E-state index >= 15 is 0 Å². The van der Waals surface area contributed by atoms with Crippen LogP contribution in [-0.4, -0.2) is 35.6 Å². The van der Waals surface area contributed by atoms with E-state index in [2.05, 4.69) is 5.32 Å². The molecule has 1 atom stereocenters. The second-order valence-corrected chi connectivity index (χ2v) is 4.78. The van der Waals surface area contributed by atoms with Gasteiger partial charge in [-0.25, -0.2) is 4.79 Å². The SMILES string of the molecule is CCOC(=O)CCC(=O)N[C@H](Cc1cccc(C#N)c1)C(=O)O. The topological polar surface area (TPSA) is 116 Å². The summed E-state index contributed by atoms with van der Waals surface area (Å²) < 4.78 is 4.70. The molecule has 0 bridgehead atoms. The highest BCUT2D eigenvalue weighted by atomic mass is 16.5. The van der Waals surface area contributed by atoms with Crippen LogP contribution in [0.1, 0.15) is 30.9 Å². The van der Waals surface area contributed by atoms with Crippen molar-refractivity contribution in [3.63, 3.8) is 0 Å². The number of nitrogens with one attached hydrogen (secondary N) is 1. The number of hydrogen-bond acceptors (Lipinski definition) is 5. The molecule has 0 heterocycles. The molecular weight excluding hydrogens is 300 g/mol. The van der Waals surface area contributed by atoms with Crippen LogP contribution >= 0.6 is 0 Å². The van der Waals surface area contributed by atoms with Crippen LogP contribution in [-0.2, 0) is 25.5 Å². The lowest BCUT2D eigenvalue weighted by Gasteiger charge is -2.14. The van der Waals surface area contributed by atoms with Crippen LogP contribution in [0.15, 0.2) is 24.3 Å². The number of nitrogens with zero attached hydrogens (tertiary/aromatic N) is 1. The minimum Gasteiger partial charge on any atom is -0.480 e. The fourth-order valence-corrected chi connectivity index (χ4v) is 1.92. The van der Waals surface area contributed by atoms with Gasteiger partial charge in [-0.05, 0) is 24.6 Å². The molecule has 7 heteroatoms. The number of amides is 1. The van der Waals surface area contributed by atoms with Gasteiger partial charge in [0.15, 0.2) is 0 Å². The normalized spacial score (nSPS) is 11.1. The molecule has 0 aromatic heterocycles. The van der Waals surface area contributed by atoms with Gasteiger partial charge in [-0.15, -0.1) is 0 Å². The van der Waals surface area contributed by atoms with E-state index in [-0.39, 0.29) is 25.9 Å². The highest BCUT2D eigenvalue weighted by Gasteiger charge is 2.21. The first kappa shape index (κ1) is 18.2. The summed E-state index contributed by atoms with van der Waals surface area (Å²) in [6.45, 7) is 1.89. The Bertz CT molecular complexity index is 621. The predicted octanol–water partition coefficient (Wildman–Crippen LogP) is 1.01. The Morgan fingerprint density at radius 3 is 2.70 bits per heavy atom. The molecule has 0 spiro atoms. The van der Waals surface area contributed by atoms with Crippen LogP contribution in [0, 0.1) is 11.3 Å². The maximum atomic E-state index is 11.7. The third-order valence-corrected chi connectivity index (χ3v) is 2.99. The molecule has 122 valence electrons. The third kappa shape index (κ3) is 6.61. The van der Waals surface area contributed by atoms with Crippen molar-refractivity contribution in [3.8, 4) is 6.07 Å². The number of nitriles is 1. The van der Waals surface area contributed by atoms with Gasteiger partial charge in [0.2, 0.25) is 5.91 Å². The first-order valence-electron chi connectivity index (χ1n) is 7.13. The third-order valence-electron chi connectivity index (χ3n) is 2.99. The number of rotatable bonds is 8. The Morgan fingerprint density at radius 1 is 1.35 bits per heavy atom. The minimum atomic E-state index is -1.18. The van der Waals surface area contributed by atoms with Crippen molar-refractivity contribution in [2.24, 2.45) is 0 Å². The zero-order chi connectivity index (χ0) is 17.2. The molecule has 0 aliphatic heterocycles. The number of carbonyl (C=O) groups is 3. The number of carboxylic acids is 1. The number of carbonyl (C=O) groups excluding carboxylic acids is 2. The van der Waals surface area contributed by atoms with Gasteiger partial charge in [0, 0.05) is 12.8 Å². The molecule has 23 heavy (non-hydrogen) atoms. The van der Waals surface area contributed by atoms with Gasteiger partial charge in [0.05, 0.1) is 24.7 Å². The molecular formula is C16H18N2O5. The van der Waals surface area contributed by atoms with Gasteiger partial charge in [-0.1, -0.05) is 12.1 Å². The quantitative estimate of drug-likeness (QED) is 0.691. The van der Waals surface area contributed by atoms with E-state index in [4.69, 9.17) is 10.00 Å². The molecule has 0 fully saturated rings. The predicted molar refractivity (Wildman–Crippen MR) is 80.3 cm³/mol. The zero-order valence-electron chi connectivity index (χ0n) is 12.7. The van der Waals surface area contributed by atoms with Crippen molar-refractivity contribution in [2.75, 3.05) is 6.61 Å². The maximum Gasteiger partial charge on any atom is 0.326 e. The van der Waals surface area contributed by atoms with Crippen LogP contribution in [0.2, 0.25) is 0 Å². The van der Waals surface area contributed by atoms with Gasteiger partial charge in [-0.2, -0.15) is 5.26 Å². The fourth-order valence-electron chi connectivity index (χ4n) is 1.92. The Labute approximate surface area is 133 Å². The van der Waals surface area contributed by atoms with Gasteiger partial charge in [-0.3, -0.25) is 9.59 Å². The summed E-state index contributed by atoms with van der Waals surface area (Å²) in [7, 11) is 0. The molecule has 7 nitrogen and oxygen atoms in total. The first-order valence-corrected chi connectivity index (χ1v) is 7.13. The first-order chi connectivity index (χ1) is 11.0. The molecule has 0 aliphatic carbocycles. The smallest absolute Gasteiger partial charge is 0.326 e. The molecule has 1 aromatic carbocycles. The van der Waals surface area contributed by atoms with E-state index < -0.39 is 23.9 Å². The maximum absolute atomic E-state index is 11.7. The second-order valence-electron chi connectivity index (χ2n) is 4.78. The van der Waals surface area contributed by atoms with Crippen molar-refractivity contribution in [3.05, 3.63) is 35.4 Å².